The van der Waals surface area contributed by atoms with Crippen LogP contribution < -0.4 is 10.6 Å². The molecule has 0 aliphatic heterocycles. The van der Waals surface area contributed by atoms with Gasteiger partial charge in [0.1, 0.15) is 23.0 Å². The minimum atomic E-state index is -0.367. The van der Waals surface area contributed by atoms with Gasteiger partial charge in [0.2, 0.25) is 0 Å². The number of carbonyl (C=O) groups excluding carboxylic acids is 1. The van der Waals surface area contributed by atoms with Gasteiger partial charge in [0, 0.05) is 31.2 Å². The zero-order chi connectivity index (χ0) is 22.5. The Morgan fingerprint density at radius 2 is 1.91 bits per heavy atom. The SMILES string of the molecule is C=Nc1nc(C2CCCC2)[nH]c1/C(=N\C)C(=O)NCc1cc(F)cc(NC2CCCC2)c1. The monoisotopic (exact) mass is 438 g/mol. The lowest BCUT2D eigenvalue weighted by molar-refractivity contribution is -0.114. The maximum Gasteiger partial charge on any atom is 0.272 e. The second kappa shape index (κ2) is 10.1. The third kappa shape index (κ3) is 5.06. The summed E-state index contributed by atoms with van der Waals surface area (Å²) in [5, 5.41) is 6.26. The second-order valence-electron chi connectivity index (χ2n) is 8.69. The number of aliphatic imine (C=N–C) groups is 2. The average Bonchev–Trinajstić information content (AvgIpc) is 3.54. The fourth-order valence-corrected chi connectivity index (χ4v) is 4.79. The van der Waals surface area contributed by atoms with Crippen LogP contribution >= 0.6 is 0 Å². The molecular formula is C24H31FN6O. The second-order valence-corrected chi connectivity index (χ2v) is 8.69. The first-order valence-electron chi connectivity index (χ1n) is 11.5. The lowest BCUT2D eigenvalue weighted by atomic mass is 10.1. The molecule has 0 radical (unpaired) electrons. The Kier molecular flexibility index (Phi) is 6.97. The number of aromatic nitrogens is 2. The predicted octanol–water partition coefficient (Wildman–Crippen LogP) is 4.63. The summed E-state index contributed by atoms with van der Waals surface area (Å²) in [4.78, 5) is 28.9. The fourth-order valence-electron chi connectivity index (χ4n) is 4.79. The number of rotatable bonds is 8. The number of hydrogen-bond acceptors (Lipinski definition) is 5. The van der Waals surface area contributed by atoms with Gasteiger partial charge in [0.05, 0.1) is 0 Å². The molecule has 0 spiro atoms. The first-order valence-corrected chi connectivity index (χ1v) is 11.5. The number of amides is 1. The van der Waals surface area contributed by atoms with Crippen LogP contribution in [0.3, 0.4) is 0 Å². The van der Waals surface area contributed by atoms with Crippen LogP contribution in [0.15, 0.2) is 28.2 Å². The number of benzene rings is 1. The Bertz CT molecular complexity index is 1000. The van der Waals surface area contributed by atoms with E-state index in [1.165, 1.54) is 37.8 Å². The number of hydrogen-bond donors (Lipinski definition) is 3. The van der Waals surface area contributed by atoms with Gasteiger partial charge in [-0.15, -0.1) is 0 Å². The van der Waals surface area contributed by atoms with E-state index >= 15 is 0 Å². The summed E-state index contributed by atoms with van der Waals surface area (Å²) in [5.74, 6) is 0.879. The highest BCUT2D eigenvalue weighted by Gasteiger charge is 2.26. The van der Waals surface area contributed by atoms with Gasteiger partial charge in [-0.1, -0.05) is 25.7 Å². The molecule has 2 fully saturated rings. The topological polar surface area (TPSA) is 94.5 Å². The Hall–Kier alpha value is -3.03. The number of anilines is 1. The van der Waals surface area contributed by atoms with Crippen molar-refractivity contribution >= 4 is 29.8 Å². The van der Waals surface area contributed by atoms with Crippen LogP contribution in [0.1, 0.15) is 74.4 Å². The standard InChI is InChI=1S/C24H31FN6O/c1-26-21(20-23(27-2)31-22(30-20)16-7-3-4-8-16)24(32)28-14-15-11-17(25)13-19(12-15)29-18-9-5-6-10-18/h11-13,16,18,29H,2-10,14H2,1H3,(H,28,32)(H,30,31)/b26-21+. The molecule has 3 N–H and O–H groups in total. The third-order valence-electron chi connectivity index (χ3n) is 6.41. The zero-order valence-corrected chi connectivity index (χ0v) is 18.6. The lowest BCUT2D eigenvalue weighted by Gasteiger charge is -2.15. The number of aromatic amines is 1. The van der Waals surface area contributed by atoms with Gasteiger partial charge in [-0.2, -0.15) is 0 Å². The Balaban J connectivity index is 1.45. The van der Waals surface area contributed by atoms with Crippen molar-refractivity contribution in [1.82, 2.24) is 15.3 Å². The molecule has 0 bridgehead atoms. The van der Waals surface area contributed by atoms with E-state index < -0.39 is 0 Å². The third-order valence-corrected chi connectivity index (χ3v) is 6.41. The van der Waals surface area contributed by atoms with Gasteiger partial charge in [0.15, 0.2) is 5.82 Å². The van der Waals surface area contributed by atoms with E-state index in [9.17, 15) is 9.18 Å². The quantitative estimate of drug-likeness (QED) is 0.525. The maximum atomic E-state index is 14.2. The van der Waals surface area contributed by atoms with Crippen LogP contribution in [0.2, 0.25) is 0 Å². The van der Waals surface area contributed by atoms with Crippen LogP contribution in [-0.2, 0) is 11.3 Å². The molecule has 1 aromatic carbocycles. The van der Waals surface area contributed by atoms with Gasteiger partial charge < -0.3 is 15.6 Å². The van der Waals surface area contributed by atoms with E-state index in [2.05, 4.69) is 37.3 Å². The molecule has 1 aromatic heterocycles. The largest absolute Gasteiger partial charge is 0.382 e. The molecule has 1 amide bonds. The fraction of sp³-hybridized carbons (Fsp3) is 0.500. The van der Waals surface area contributed by atoms with Crippen LogP contribution in [0.5, 0.6) is 0 Å². The Morgan fingerprint density at radius 3 is 2.59 bits per heavy atom. The molecule has 170 valence electrons. The minimum absolute atomic E-state index is 0.190. The van der Waals surface area contributed by atoms with Gasteiger partial charge in [-0.05, 0) is 56.2 Å². The van der Waals surface area contributed by atoms with Crippen LogP contribution in [0.25, 0.3) is 0 Å². The van der Waals surface area contributed by atoms with Gasteiger partial charge in [-0.3, -0.25) is 9.79 Å². The summed E-state index contributed by atoms with van der Waals surface area (Å²) in [7, 11) is 1.56. The molecule has 2 aromatic rings. The highest BCUT2D eigenvalue weighted by atomic mass is 19.1. The lowest BCUT2D eigenvalue weighted by Crippen LogP contribution is -2.31. The molecule has 0 unspecified atom stereocenters. The smallest absolute Gasteiger partial charge is 0.272 e. The molecule has 4 rings (SSSR count). The first-order chi connectivity index (χ1) is 15.6. The van der Waals surface area contributed by atoms with Gasteiger partial charge in [-0.25, -0.2) is 14.4 Å². The molecule has 2 aliphatic carbocycles. The summed E-state index contributed by atoms with van der Waals surface area (Å²) in [6.45, 7) is 3.78. The molecule has 0 atom stereocenters. The van der Waals surface area contributed by atoms with Crippen LogP contribution in [-0.4, -0.2) is 41.4 Å². The van der Waals surface area contributed by atoms with E-state index in [1.54, 1.807) is 7.05 Å². The van der Waals surface area contributed by atoms with Crippen molar-refractivity contribution < 1.29 is 9.18 Å². The number of imidazole rings is 1. The van der Waals surface area contributed by atoms with Crippen molar-refractivity contribution in [2.45, 2.75) is 69.9 Å². The molecule has 0 saturated heterocycles. The zero-order valence-electron chi connectivity index (χ0n) is 18.6. The summed E-state index contributed by atoms with van der Waals surface area (Å²) >= 11 is 0. The van der Waals surface area contributed by atoms with Crippen LogP contribution in [0, 0.1) is 5.82 Å². The molecular weight excluding hydrogens is 407 g/mol. The normalized spacial score (nSPS) is 17.6. The highest BCUT2D eigenvalue weighted by Crippen LogP contribution is 2.34. The van der Waals surface area contributed by atoms with Crippen molar-refractivity contribution in [3.8, 4) is 0 Å². The minimum Gasteiger partial charge on any atom is -0.382 e. The number of halogens is 1. The van der Waals surface area contributed by atoms with Crippen molar-refractivity contribution in [2.24, 2.45) is 9.98 Å². The van der Waals surface area contributed by atoms with E-state index in [4.69, 9.17) is 0 Å². The highest BCUT2D eigenvalue weighted by molar-refractivity contribution is 6.45. The summed E-state index contributed by atoms with van der Waals surface area (Å²) in [6, 6.07) is 5.21. The van der Waals surface area contributed by atoms with Gasteiger partial charge in [0.25, 0.3) is 5.91 Å². The van der Waals surface area contributed by atoms with Gasteiger partial charge >= 0.3 is 0 Å². The van der Waals surface area contributed by atoms with E-state index in [0.717, 1.165) is 37.2 Å². The van der Waals surface area contributed by atoms with Crippen LogP contribution in [0.4, 0.5) is 15.9 Å². The molecule has 7 nitrogen and oxygen atoms in total. The van der Waals surface area contributed by atoms with E-state index in [-0.39, 0.29) is 24.0 Å². The molecule has 1 heterocycles. The Morgan fingerprint density at radius 1 is 1.19 bits per heavy atom. The number of H-pyrrole nitrogens is 1. The summed E-state index contributed by atoms with van der Waals surface area (Å²) in [5.41, 5.74) is 2.13. The molecule has 2 saturated carbocycles. The number of nitrogens with one attached hydrogen (secondary N) is 3. The Labute approximate surface area is 188 Å². The first kappa shape index (κ1) is 22.2. The van der Waals surface area contributed by atoms with E-state index in [0.29, 0.717) is 29.0 Å². The van der Waals surface area contributed by atoms with Crippen molar-refractivity contribution in [2.75, 3.05) is 12.4 Å². The number of nitrogens with zero attached hydrogens (tertiary/aromatic N) is 3. The van der Waals surface area contributed by atoms with E-state index in [1.807, 2.05) is 6.07 Å². The number of carbonyl (C=O) groups is 1. The van der Waals surface area contributed by atoms with Crippen molar-refractivity contribution in [1.29, 1.82) is 0 Å². The summed E-state index contributed by atoms with van der Waals surface area (Å²) < 4.78 is 14.2. The molecule has 8 heteroatoms. The predicted molar refractivity (Wildman–Crippen MR) is 126 cm³/mol. The summed E-state index contributed by atoms with van der Waals surface area (Å²) in [6.07, 6.45) is 9.11. The van der Waals surface area contributed by atoms with Crippen molar-refractivity contribution in [3.63, 3.8) is 0 Å². The van der Waals surface area contributed by atoms with Crippen molar-refractivity contribution in [3.05, 3.63) is 41.1 Å². The maximum absolute atomic E-state index is 14.2. The molecule has 32 heavy (non-hydrogen) atoms. The average molecular weight is 439 g/mol. The molecule has 2 aliphatic rings.